The lowest BCUT2D eigenvalue weighted by Crippen LogP contribution is -2.05. The summed E-state index contributed by atoms with van der Waals surface area (Å²) < 4.78 is 10.0. The minimum atomic E-state index is 0.433. The van der Waals surface area contributed by atoms with Crippen LogP contribution < -0.4 is 0 Å². The second kappa shape index (κ2) is 9.01. The van der Waals surface area contributed by atoms with Crippen LogP contribution in [-0.4, -0.2) is 20.5 Å². The number of rotatable bonds is 8. The Balaban J connectivity index is 3.19. The first-order chi connectivity index (χ1) is 5.85. The maximum absolute atomic E-state index is 5.24. The SMILES string of the molecule is CCCC(CC)CCOCOC. The van der Waals surface area contributed by atoms with E-state index < -0.39 is 0 Å². The summed E-state index contributed by atoms with van der Waals surface area (Å²) in [4.78, 5) is 0. The monoisotopic (exact) mass is 174 g/mol. The molecule has 0 aliphatic rings. The summed E-state index contributed by atoms with van der Waals surface area (Å²) in [6.45, 7) is 5.75. The van der Waals surface area contributed by atoms with Gasteiger partial charge in [-0.15, -0.1) is 0 Å². The first-order valence-electron chi connectivity index (χ1n) is 4.91. The number of ether oxygens (including phenoxy) is 2. The van der Waals surface area contributed by atoms with E-state index in [1.807, 2.05) is 0 Å². The molecule has 0 saturated heterocycles. The zero-order chi connectivity index (χ0) is 9.23. The van der Waals surface area contributed by atoms with Gasteiger partial charge in [0.1, 0.15) is 6.79 Å². The van der Waals surface area contributed by atoms with Crippen molar-refractivity contribution in [2.75, 3.05) is 20.5 Å². The highest BCUT2D eigenvalue weighted by atomic mass is 16.7. The van der Waals surface area contributed by atoms with Gasteiger partial charge >= 0.3 is 0 Å². The second-order valence-corrected chi connectivity index (χ2v) is 3.17. The molecule has 2 heteroatoms. The fraction of sp³-hybridized carbons (Fsp3) is 1.00. The maximum atomic E-state index is 5.24. The van der Waals surface area contributed by atoms with E-state index in [0.29, 0.717) is 6.79 Å². The van der Waals surface area contributed by atoms with Crippen molar-refractivity contribution >= 4 is 0 Å². The smallest absolute Gasteiger partial charge is 0.146 e. The van der Waals surface area contributed by atoms with Crippen LogP contribution in [0.5, 0.6) is 0 Å². The molecule has 0 spiro atoms. The lowest BCUT2D eigenvalue weighted by atomic mass is 9.98. The topological polar surface area (TPSA) is 18.5 Å². The summed E-state index contributed by atoms with van der Waals surface area (Å²) in [5.74, 6) is 0.840. The summed E-state index contributed by atoms with van der Waals surface area (Å²) in [6.07, 6.45) is 5.05. The molecule has 74 valence electrons. The first-order valence-corrected chi connectivity index (χ1v) is 4.91. The maximum Gasteiger partial charge on any atom is 0.146 e. The van der Waals surface area contributed by atoms with Gasteiger partial charge < -0.3 is 9.47 Å². The fourth-order valence-electron chi connectivity index (χ4n) is 1.35. The van der Waals surface area contributed by atoms with Crippen LogP contribution in [0.3, 0.4) is 0 Å². The molecule has 0 rings (SSSR count). The van der Waals surface area contributed by atoms with Crippen LogP contribution in [0.15, 0.2) is 0 Å². The van der Waals surface area contributed by atoms with Crippen molar-refractivity contribution in [2.45, 2.75) is 39.5 Å². The van der Waals surface area contributed by atoms with Gasteiger partial charge in [-0.1, -0.05) is 33.1 Å². The summed E-state index contributed by atoms with van der Waals surface area (Å²) in [6, 6.07) is 0. The zero-order valence-corrected chi connectivity index (χ0v) is 8.64. The molecule has 0 amide bonds. The van der Waals surface area contributed by atoms with Crippen molar-refractivity contribution in [3.8, 4) is 0 Å². The van der Waals surface area contributed by atoms with E-state index in [2.05, 4.69) is 13.8 Å². The van der Waals surface area contributed by atoms with Crippen LogP contribution in [0, 0.1) is 5.92 Å². The Morgan fingerprint density at radius 1 is 1.17 bits per heavy atom. The predicted octanol–water partition coefficient (Wildman–Crippen LogP) is 2.82. The van der Waals surface area contributed by atoms with Crippen LogP contribution >= 0.6 is 0 Å². The third kappa shape index (κ3) is 6.62. The molecule has 0 aliphatic carbocycles. The average molecular weight is 174 g/mol. The number of methoxy groups -OCH3 is 1. The molecule has 0 aromatic rings. The van der Waals surface area contributed by atoms with E-state index >= 15 is 0 Å². The molecule has 0 heterocycles. The van der Waals surface area contributed by atoms with E-state index in [0.717, 1.165) is 12.5 Å². The third-order valence-electron chi connectivity index (χ3n) is 2.15. The van der Waals surface area contributed by atoms with E-state index in [9.17, 15) is 0 Å². The van der Waals surface area contributed by atoms with Crippen molar-refractivity contribution in [1.82, 2.24) is 0 Å². The Bertz CT molecular complexity index is 83.9. The van der Waals surface area contributed by atoms with Gasteiger partial charge in [0, 0.05) is 13.7 Å². The lowest BCUT2D eigenvalue weighted by Gasteiger charge is -2.12. The highest BCUT2D eigenvalue weighted by molar-refractivity contribution is 4.55. The largest absolute Gasteiger partial charge is 0.359 e. The molecule has 1 atom stereocenters. The van der Waals surface area contributed by atoms with Gasteiger partial charge in [-0.2, -0.15) is 0 Å². The van der Waals surface area contributed by atoms with Gasteiger partial charge in [-0.05, 0) is 12.3 Å². The Morgan fingerprint density at radius 3 is 2.42 bits per heavy atom. The van der Waals surface area contributed by atoms with E-state index in [4.69, 9.17) is 9.47 Å². The molecule has 0 aromatic carbocycles. The van der Waals surface area contributed by atoms with Crippen LogP contribution in [0.2, 0.25) is 0 Å². The Morgan fingerprint density at radius 2 is 1.92 bits per heavy atom. The number of hydrogen-bond donors (Lipinski definition) is 0. The number of hydrogen-bond acceptors (Lipinski definition) is 2. The first kappa shape index (κ1) is 11.9. The molecular formula is C10H22O2. The molecule has 0 aromatic heterocycles. The summed E-state index contributed by atoms with van der Waals surface area (Å²) in [5.41, 5.74) is 0. The third-order valence-corrected chi connectivity index (χ3v) is 2.15. The van der Waals surface area contributed by atoms with E-state index in [1.54, 1.807) is 7.11 Å². The molecular weight excluding hydrogens is 152 g/mol. The molecule has 2 nitrogen and oxygen atoms in total. The fourth-order valence-corrected chi connectivity index (χ4v) is 1.35. The highest BCUT2D eigenvalue weighted by Gasteiger charge is 2.03. The molecule has 12 heavy (non-hydrogen) atoms. The van der Waals surface area contributed by atoms with E-state index in [-0.39, 0.29) is 0 Å². The second-order valence-electron chi connectivity index (χ2n) is 3.17. The molecule has 0 saturated carbocycles. The van der Waals surface area contributed by atoms with Crippen molar-refractivity contribution < 1.29 is 9.47 Å². The zero-order valence-electron chi connectivity index (χ0n) is 8.64. The van der Waals surface area contributed by atoms with Crippen LogP contribution in [-0.2, 0) is 9.47 Å². The van der Waals surface area contributed by atoms with Crippen molar-refractivity contribution in [3.63, 3.8) is 0 Å². The predicted molar refractivity (Wildman–Crippen MR) is 51.1 cm³/mol. The van der Waals surface area contributed by atoms with Crippen molar-refractivity contribution in [3.05, 3.63) is 0 Å². The quantitative estimate of drug-likeness (QED) is 0.416. The Kier molecular flexibility index (Phi) is 8.95. The van der Waals surface area contributed by atoms with Gasteiger partial charge in [0.05, 0.1) is 0 Å². The van der Waals surface area contributed by atoms with E-state index in [1.165, 1.54) is 25.7 Å². The minimum Gasteiger partial charge on any atom is -0.359 e. The van der Waals surface area contributed by atoms with Gasteiger partial charge in [0.25, 0.3) is 0 Å². The minimum absolute atomic E-state index is 0.433. The van der Waals surface area contributed by atoms with Crippen molar-refractivity contribution in [2.24, 2.45) is 5.92 Å². The van der Waals surface area contributed by atoms with Crippen molar-refractivity contribution in [1.29, 1.82) is 0 Å². The standard InChI is InChI=1S/C10H22O2/c1-4-6-10(5-2)7-8-12-9-11-3/h10H,4-9H2,1-3H3. The van der Waals surface area contributed by atoms with Gasteiger partial charge in [0.15, 0.2) is 0 Å². The molecule has 0 bridgehead atoms. The summed E-state index contributed by atoms with van der Waals surface area (Å²) >= 11 is 0. The van der Waals surface area contributed by atoms with Gasteiger partial charge in [-0.25, -0.2) is 0 Å². The lowest BCUT2D eigenvalue weighted by molar-refractivity contribution is -0.0348. The molecule has 0 aliphatic heterocycles. The highest BCUT2D eigenvalue weighted by Crippen LogP contribution is 2.14. The van der Waals surface area contributed by atoms with Gasteiger partial charge in [0.2, 0.25) is 0 Å². The molecule has 0 fully saturated rings. The average Bonchev–Trinajstić information content (AvgIpc) is 2.10. The molecule has 1 unspecified atom stereocenters. The van der Waals surface area contributed by atoms with Crippen LogP contribution in [0.1, 0.15) is 39.5 Å². The van der Waals surface area contributed by atoms with Gasteiger partial charge in [-0.3, -0.25) is 0 Å². The Hall–Kier alpha value is -0.0800. The van der Waals surface area contributed by atoms with Crippen LogP contribution in [0.4, 0.5) is 0 Å². The molecule has 0 N–H and O–H groups in total. The van der Waals surface area contributed by atoms with Crippen LogP contribution in [0.25, 0.3) is 0 Å². The summed E-state index contributed by atoms with van der Waals surface area (Å²) in [7, 11) is 1.66. The molecule has 0 radical (unpaired) electrons. The summed E-state index contributed by atoms with van der Waals surface area (Å²) in [5, 5.41) is 0. The normalized spacial score (nSPS) is 13.2. The Labute approximate surface area is 76.3 Å².